The molecule has 0 fully saturated rings. The lowest BCUT2D eigenvalue weighted by molar-refractivity contribution is 0.350. The third-order valence-corrected chi connectivity index (χ3v) is 4.06. The molecule has 1 N–H and O–H groups in total. The van der Waals surface area contributed by atoms with Crippen molar-refractivity contribution < 1.29 is 0 Å². The van der Waals surface area contributed by atoms with Crippen molar-refractivity contribution in [2.45, 2.75) is 45.7 Å². The van der Waals surface area contributed by atoms with Gasteiger partial charge in [0, 0.05) is 12.1 Å². The zero-order chi connectivity index (χ0) is 15.1. The Bertz CT molecular complexity index is 504. The topological polar surface area (TPSA) is 12.0 Å². The maximum absolute atomic E-state index is 3.87. The van der Waals surface area contributed by atoms with E-state index in [0.29, 0.717) is 18.0 Å². The number of hydrogen-bond donors (Lipinski definition) is 1. The Morgan fingerprint density at radius 3 is 1.95 bits per heavy atom. The molecule has 0 bridgehead atoms. The molecule has 0 saturated carbocycles. The molecule has 0 aliphatic rings. The van der Waals surface area contributed by atoms with Gasteiger partial charge in [0.15, 0.2) is 0 Å². The Kier molecular flexibility index (Phi) is 6.01. The summed E-state index contributed by atoms with van der Waals surface area (Å²) in [5.41, 5.74) is 2.80. The fourth-order valence-corrected chi connectivity index (χ4v) is 2.81. The van der Waals surface area contributed by atoms with Crippen LogP contribution in [0.2, 0.25) is 0 Å². The summed E-state index contributed by atoms with van der Waals surface area (Å²) < 4.78 is 0. The highest BCUT2D eigenvalue weighted by Crippen LogP contribution is 2.23. The largest absolute Gasteiger partial charge is 0.307 e. The Balaban J connectivity index is 2.07. The highest BCUT2D eigenvalue weighted by molar-refractivity contribution is 5.20. The number of hydrogen-bond acceptors (Lipinski definition) is 1. The summed E-state index contributed by atoms with van der Waals surface area (Å²) in [6.45, 7) is 6.85. The Labute approximate surface area is 129 Å². The van der Waals surface area contributed by atoms with Crippen molar-refractivity contribution in [3.8, 4) is 0 Å². The molecule has 0 saturated heterocycles. The van der Waals surface area contributed by atoms with Crippen molar-refractivity contribution in [1.82, 2.24) is 5.32 Å². The first kappa shape index (κ1) is 15.8. The molecule has 0 radical (unpaired) electrons. The van der Waals surface area contributed by atoms with E-state index in [9.17, 15) is 0 Å². The van der Waals surface area contributed by atoms with Gasteiger partial charge in [0.05, 0.1) is 0 Å². The van der Waals surface area contributed by atoms with Gasteiger partial charge in [-0.1, -0.05) is 81.4 Å². The maximum Gasteiger partial charge on any atom is 0.0345 e. The van der Waals surface area contributed by atoms with Gasteiger partial charge in [0.2, 0.25) is 0 Å². The predicted molar refractivity (Wildman–Crippen MR) is 91.4 cm³/mol. The van der Waals surface area contributed by atoms with Crippen LogP contribution >= 0.6 is 0 Å². The van der Waals surface area contributed by atoms with E-state index in [1.165, 1.54) is 11.1 Å². The van der Waals surface area contributed by atoms with Crippen LogP contribution in [0, 0.1) is 5.92 Å². The monoisotopic (exact) mass is 281 g/mol. The summed E-state index contributed by atoms with van der Waals surface area (Å²) in [5, 5.41) is 3.87. The molecule has 0 aromatic heterocycles. The van der Waals surface area contributed by atoms with Crippen LogP contribution in [-0.2, 0) is 6.42 Å². The van der Waals surface area contributed by atoms with Crippen LogP contribution in [0.15, 0.2) is 60.7 Å². The molecule has 2 aromatic rings. The zero-order valence-corrected chi connectivity index (χ0v) is 13.4. The molecule has 2 atom stereocenters. The second-order valence-corrected chi connectivity index (χ2v) is 6.09. The average Bonchev–Trinajstić information content (AvgIpc) is 2.52. The molecule has 0 aliphatic heterocycles. The van der Waals surface area contributed by atoms with Gasteiger partial charge in [-0.3, -0.25) is 0 Å². The molecular weight excluding hydrogens is 254 g/mol. The van der Waals surface area contributed by atoms with E-state index < -0.39 is 0 Å². The molecule has 1 heteroatoms. The van der Waals surface area contributed by atoms with Crippen molar-refractivity contribution in [2.75, 3.05) is 0 Å². The molecule has 112 valence electrons. The van der Waals surface area contributed by atoms with Crippen molar-refractivity contribution in [3.63, 3.8) is 0 Å². The molecule has 2 aromatic carbocycles. The molecule has 0 amide bonds. The van der Waals surface area contributed by atoms with Crippen molar-refractivity contribution in [3.05, 3.63) is 71.8 Å². The lowest BCUT2D eigenvalue weighted by Gasteiger charge is -2.28. The SMILES string of the molecule is CCC(Cc1ccccc1)NC(c1ccccc1)C(C)C. The highest BCUT2D eigenvalue weighted by Gasteiger charge is 2.19. The summed E-state index contributed by atoms with van der Waals surface area (Å²) in [5.74, 6) is 0.581. The molecule has 2 rings (SSSR count). The third kappa shape index (κ3) is 4.71. The van der Waals surface area contributed by atoms with E-state index in [4.69, 9.17) is 0 Å². The number of benzene rings is 2. The lowest BCUT2D eigenvalue weighted by Crippen LogP contribution is -2.36. The van der Waals surface area contributed by atoms with Crippen LogP contribution in [0.3, 0.4) is 0 Å². The van der Waals surface area contributed by atoms with Crippen molar-refractivity contribution in [1.29, 1.82) is 0 Å². The van der Waals surface area contributed by atoms with Crippen molar-refractivity contribution in [2.24, 2.45) is 5.92 Å². The van der Waals surface area contributed by atoms with Crippen LogP contribution in [0.25, 0.3) is 0 Å². The summed E-state index contributed by atoms with van der Waals surface area (Å²) in [4.78, 5) is 0. The minimum atomic E-state index is 0.417. The number of rotatable bonds is 7. The van der Waals surface area contributed by atoms with E-state index in [1.54, 1.807) is 0 Å². The quantitative estimate of drug-likeness (QED) is 0.753. The maximum atomic E-state index is 3.87. The molecule has 0 heterocycles. The van der Waals surface area contributed by atoms with Crippen LogP contribution in [0.4, 0.5) is 0 Å². The van der Waals surface area contributed by atoms with Gasteiger partial charge < -0.3 is 5.32 Å². The third-order valence-electron chi connectivity index (χ3n) is 4.06. The smallest absolute Gasteiger partial charge is 0.0345 e. The molecule has 0 spiro atoms. The van der Waals surface area contributed by atoms with Crippen molar-refractivity contribution >= 4 is 0 Å². The van der Waals surface area contributed by atoms with E-state index in [-0.39, 0.29) is 0 Å². The van der Waals surface area contributed by atoms with E-state index in [1.807, 2.05) is 0 Å². The minimum absolute atomic E-state index is 0.417. The Hall–Kier alpha value is -1.60. The van der Waals surface area contributed by atoms with Gasteiger partial charge in [-0.15, -0.1) is 0 Å². The van der Waals surface area contributed by atoms with Crippen LogP contribution in [0.5, 0.6) is 0 Å². The van der Waals surface area contributed by atoms with Crippen LogP contribution in [0.1, 0.15) is 44.4 Å². The normalized spacial score (nSPS) is 14.1. The molecule has 2 unspecified atom stereocenters. The second-order valence-electron chi connectivity index (χ2n) is 6.09. The van der Waals surface area contributed by atoms with Gasteiger partial charge in [0.25, 0.3) is 0 Å². The first-order valence-corrected chi connectivity index (χ1v) is 8.05. The Morgan fingerprint density at radius 1 is 0.857 bits per heavy atom. The van der Waals surface area contributed by atoms with Gasteiger partial charge in [-0.2, -0.15) is 0 Å². The summed E-state index contributed by atoms with van der Waals surface area (Å²) in [6, 6.07) is 22.5. The first-order chi connectivity index (χ1) is 10.2. The fourth-order valence-electron chi connectivity index (χ4n) is 2.81. The van der Waals surface area contributed by atoms with Gasteiger partial charge in [-0.25, -0.2) is 0 Å². The molecule has 21 heavy (non-hydrogen) atoms. The average molecular weight is 281 g/mol. The summed E-state index contributed by atoms with van der Waals surface area (Å²) in [7, 11) is 0. The van der Waals surface area contributed by atoms with Gasteiger partial charge in [-0.05, 0) is 29.9 Å². The van der Waals surface area contributed by atoms with E-state index >= 15 is 0 Å². The summed E-state index contributed by atoms with van der Waals surface area (Å²) in [6.07, 6.45) is 2.23. The summed E-state index contributed by atoms with van der Waals surface area (Å²) >= 11 is 0. The van der Waals surface area contributed by atoms with Gasteiger partial charge in [0.1, 0.15) is 0 Å². The minimum Gasteiger partial charge on any atom is -0.307 e. The zero-order valence-electron chi connectivity index (χ0n) is 13.4. The Morgan fingerprint density at radius 2 is 1.43 bits per heavy atom. The van der Waals surface area contributed by atoms with Crippen LogP contribution < -0.4 is 5.32 Å². The van der Waals surface area contributed by atoms with Crippen LogP contribution in [-0.4, -0.2) is 6.04 Å². The number of nitrogens with one attached hydrogen (secondary N) is 1. The van der Waals surface area contributed by atoms with E-state index in [0.717, 1.165) is 12.8 Å². The van der Waals surface area contributed by atoms with E-state index in [2.05, 4.69) is 86.8 Å². The molecular formula is C20H27N. The first-order valence-electron chi connectivity index (χ1n) is 8.05. The fraction of sp³-hybridized carbons (Fsp3) is 0.400. The highest BCUT2D eigenvalue weighted by atomic mass is 15.0. The standard InChI is InChI=1S/C20H27N/c1-4-19(15-17-11-7-5-8-12-17)21-20(16(2)3)18-13-9-6-10-14-18/h5-14,16,19-21H,4,15H2,1-3H3. The second kappa shape index (κ2) is 7.99. The lowest BCUT2D eigenvalue weighted by atomic mass is 9.93. The predicted octanol–water partition coefficient (Wildman–Crippen LogP) is 4.99. The molecule has 1 nitrogen and oxygen atoms in total. The molecule has 0 aliphatic carbocycles. The van der Waals surface area contributed by atoms with Gasteiger partial charge >= 0.3 is 0 Å².